The molecule has 0 unspecified atom stereocenters. The molecule has 0 aliphatic heterocycles. The SMILES string of the molecule is C=CCN(CCO)C(=O)c1cccc(OC)c1. The monoisotopic (exact) mass is 235 g/mol. The first-order chi connectivity index (χ1) is 8.22. The third kappa shape index (κ3) is 3.60. The first-order valence-corrected chi connectivity index (χ1v) is 5.38. The molecule has 0 aromatic heterocycles. The van der Waals surface area contributed by atoms with Gasteiger partial charge in [-0.05, 0) is 18.2 Å². The van der Waals surface area contributed by atoms with Gasteiger partial charge in [0.15, 0.2) is 0 Å². The molecule has 1 rings (SSSR count). The molecule has 0 heterocycles. The molecule has 1 N–H and O–H groups in total. The van der Waals surface area contributed by atoms with Crippen molar-refractivity contribution < 1.29 is 14.6 Å². The topological polar surface area (TPSA) is 49.8 Å². The number of carbonyl (C=O) groups excluding carboxylic acids is 1. The number of rotatable bonds is 6. The summed E-state index contributed by atoms with van der Waals surface area (Å²) >= 11 is 0. The molecular formula is C13H17NO3. The fourth-order valence-corrected chi connectivity index (χ4v) is 1.49. The van der Waals surface area contributed by atoms with E-state index in [1.807, 2.05) is 0 Å². The Hall–Kier alpha value is -1.81. The summed E-state index contributed by atoms with van der Waals surface area (Å²) in [6, 6.07) is 6.94. The largest absolute Gasteiger partial charge is 0.497 e. The van der Waals surface area contributed by atoms with Crippen LogP contribution in [0, 0.1) is 0 Å². The van der Waals surface area contributed by atoms with Gasteiger partial charge in [0.2, 0.25) is 0 Å². The maximum absolute atomic E-state index is 12.1. The lowest BCUT2D eigenvalue weighted by Crippen LogP contribution is -2.33. The summed E-state index contributed by atoms with van der Waals surface area (Å²) in [5, 5.41) is 8.91. The van der Waals surface area contributed by atoms with Crippen molar-refractivity contribution in [2.24, 2.45) is 0 Å². The highest BCUT2D eigenvalue weighted by molar-refractivity contribution is 5.94. The van der Waals surface area contributed by atoms with E-state index >= 15 is 0 Å². The maximum Gasteiger partial charge on any atom is 0.254 e. The second-order valence-corrected chi connectivity index (χ2v) is 3.50. The third-order valence-corrected chi connectivity index (χ3v) is 2.32. The molecule has 0 aliphatic rings. The van der Waals surface area contributed by atoms with Gasteiger partial charge in [0.25, 0.3) is 5.91 Å². The molecule has 1 amide bonds. The molecule has 1 aromatic rings. The second kappa shape index (κ2) is 6.70. The number of ether oxygens (including phenoxy) is 1. The standard InChI is InChI=1S/C13H17NO3/c1-3-7-14(8-9-15)13(16)11-5-4-6-12(10-11)17-2/h3-6,10,15H,1,7-9H2,2H3. The van der Waals surface area contributed by atoms with Crippen molar-refractivity contribution in [2.75, 3.05) is 26.8 Å². The van der Waals surface area contributed by atoms with Crippen molar-refractivity contribution >= 4 is 5.91 Å². The van der Waals surface area contributed by atoms with Crippen molar-refractivity contribution in [1.29, 1.82) is 0 Å². The summed E-state index contributed by atoms with van der Waals surface area (Å²) in [5.74, 6) is 0.497. The number of aliphatic hydroxyl groups excluding tert-OH is 1. The Balaban J connectivity index is 2.87. The van der Waals surface area contributed by atoms with Gasteiger partial charge in [0.1, 0.15) is 5.75 Å². The van der Waals surface area contributed by atoms with Gasteiger partial charge in [-0.1, -0.05) is 12.1 Å². The highest BCUT2D eigenvalue weighted by Gasteiger charge is 2.14. The Morgan fingerprint density at radius 1 is 1.59 bits per heavy atom. The molecule has 4 nitrogen and oxygen atoms in total. The van der Waals surface area contributed by atoms with Crippen LogP contribution in [0.4, 0.5) is 0 Å². The van der Waals surface area contributed by atoms with Crippen molar-refractivity contribution in [3.8, 4) is 5.75 Å². The van der Waals surface area contributed by atoms with Crippen LogP contribution in [0.5, 0.6) is 5.75 Å². The highest BCUT2D eigenvalue weighted by Crippen LogP contribution is 2.14. The van der Waals surface area contributed by atoms with E-state index in [2.05, 4.69) is 6.58 Å². The van der Waals surface area contributed by atoms with Crippen LogP contribution < -0.4 is 4.74 Å². The van der Waals surface area contributed by atoms with Crippen molar-refractivity contribution in [1.82, 2.24) is 4.90 Å². The Labute approximate surface area is 101 Å². The summed E-state index contributed by atoms with van der Waals surface area (Å²) in [6.07, 6.45) is 1.63. The minimum absolute atomic E-state index is 0.0659. The average molecular weight is 235 g/mol. The van der Waals surface area contributed by atoms with E-state index in [-0.39, 0.29) is 12.5 Å². The van der Waals surface area contributed by atoms with Crippen molar-refractivity contribution in [3.05, 3.63) is 42.5 Å². The number of methoxy groups -OCH3 is 1. The summed E-state index contributed by atoms with van der Waals surface area (Å²) in [5.41, 5.74) is 0.541. The zero-order valence-corrected chi connectivity index (χ0v) is 9.93. The first-order valence-electron chi connectivity index (χ1n) is 5.38. The number of hydrogen-bond acceptors (Lipinski definition) is 3. The predicted octanol–water partition coefficient (Wildman–Crippen LogP) is 1.32. The molecule has 0 aliphatic carbocycles. The number of amides is 1. The summed E-state index contributed by atoms with van der Waals surface area (Å²) in [4.78, 5) is 13.6. The molecule has 92 valence electrons. The number of carbonyl (C=O) groups is 1. The summed E-state index contributed by atoms with van der Waals surface area (Å²) < 4.78 is 5.06. The van der Waals surface area contributed by atoms with E-state index < -0.39 is 0 Å². The Kier molecular flexibility index (Phi) is 5.23. The minimum Gasteiger partial charge on any atom is -0.497 e. The van der Waals surface area contributed by atoms with E-state index in [9.17, 15) is 4.79 Å². The van der Waals surface area contributed by atoms with Crippen LogP contribution in [-0.4, -0.2) is 42.7 Å². The number of nitrogens with zero attached hydrogens (tertiary/aromatic N) is 1. The van der Waals surface area contributed by atoms with Gasteiger partial charge in [0, 0.05) is 18.7 Å². The lowest BCUT2D eigenvalue weighted by molar-refractivity contribution is 0.0742. The van der Waals surface area contributed by atoms with Gasteiger partial charge in [-0.25, -0.2) is 0 Å². The van der Waals surface area contributed by atoms with E-state index in [4.69, 9.17) is 9.84 Å². The molecule has 0 bridgehead atoms. The molecule has 0 saturated carbocycles. The Bertz CT molecular complexity index is 390. The van der Waals surface area contributed by atoms with Gasteiger partial charge in [-0.3, -0.25) is 4.79 Å². The van der Waals surface area contributed by atoms with Gasteiger partial charge in [-0.2, -0.15) is 0 Å². The van der Waals surface area contributed by atoms with Crippen molar-refractivity contribution in [3.63, 3.8) is 0 Å². The van der Waals surface area contributed by atoms with Crippen LogP contribution in [0.1, 0.15) is 10.4 Å². The summed E-state index contributed by atoms with van der Waals surface area (Å²) in [7, 11) is 1.55. The minimum atomic E-state index is -0.141. The van der Waals surface area contributed by atoms with Crippen LogP contribution in [0.25, 0.3) is 0 Å². The normalized spacial score (nSPS) is 9.76. The molecular weight excluding hydrogens is 218 g/mol. The molecule has 1 aromatic carbocycles. The van der Waals surface area contributed by atoms with Crippen LogP contribution in [0.3, 0.4) is 0 Å². The lowest BCUT2D eigenvalue weighted by Gasteiger charge is -2.20. The first kappa shape index (κ1) is 13.3. The average Bonchev–Trinajstić information content (AvgIpc) is 2.38. The molecule has 0 spiro atoms. The molecule has 17 heavy (non-hydrogen) atoms. The maximum atomic E-state index is 12.1. The lowest BCUT2D eigenvalue weighted by atomic mass is 10.2. The van der Waals surface area contributed by atoms with E-state index in [1.165, 1.54) is 4.90 Å². The van der Waals surface area contributed by atoms with E-state index in [1.54, 1.807) is 37.5 Å². The molecule has 0 saturated heterocycles. The van der Waals surface area contributed by atoms with Crippen LogP contribution >= 0.6 is 0 Å². The van der Waals surface area contributed by atoms with Crippen molar-refractivity contribution in [2.45, 2.75) is 0 Å². The highest BCUT2D eigenvalue weighted by atomic mass is 16.5. The third-order valence-electron chi connectivity index (χ3n) is 2.32. The Morgan fingerprint density at radius 2 is 2.35 bits per heavy atom. The molecule has 4 heteroatoms. The van der Waals surface area contributed by atoms with Gasteiger partial charge in [0.05, 0.1) is 13.7 Å². The zero-order chi connectivity index (χ0) is 12.7. The summed E-state index contributed by atoms with van der Waals surface area (Å²) in [6.45, 7) is 4.23. The fraction of sp³-hybridized carbons (Fsp3) is 0.308. The zero-order valence-electron chi connectivity index (χ0n) is 9.93. The predicted molar refractivity (Wildman–Crippen MR) is 66.2 cm³/mol. The molecule has 0 fully saturated rings. The van der Waals surface area contributed by atoms with Crippen LogP contribution in [-0.2, 0) is 0 Å². The van der Waals surface area contributed by atoms with Crippen LogP contribution in [0.15, 0.2) is 36.9 Å². The number of hydrogen-bond donors (Lipinski definition) is 1. The van der Waals surface area contributed by atoms with E-state index in [0.717, 1.165) is 0 Å². The molecule has 0 radical (unpaired) electrons. The van der Waals surface area contributed by atoms with Gasteiger partial charge in [-0.15, -0.1) is 6.58 Å². The van der Waals surface area contributed by atoms with Gasteiger partial charge < -0.3 is 14.7 Å². The number of aliphatic hydroxyl groups is 1. The Morgan fingerprint density at radius 3 is 2.94 bits per heavy atom. The van der Waals surface area contributed by atoms with Crippen LogP contribution in [0.2, 0.25) is 0 Å². The molecule has 0 atom stereocenters. The van der Waals surface area contributed by atoms with Gasteiger partial charge >= 0.3 is 0 Å². The second-order valence-electron chi connectivity index (χ2n) is 3.50. The van der Waals surface area contributed by atoms with E-state index in [0.29, 0.717) is 24.4 Å². The quantitative estimate of drug-likeness (QED) is 0.756. The fourth-order valence-electron chi connectivity index (χ4n) is 1.49. The smallest absolute Gasteiger partial charge is 0.254 e. The number of benzene rings is 1.